The molecule has 0 saturated carbocycles. The number of methoxy groups -OCH3 is 1. The van der Waals surface area contributed by atoms with Crippen LogP contribution in [0.15, 0.2) is 42.5 Å². The number of benzene rings is 1. The Morgan fingerprint density at radius 1 is 1.22 bits per heavy atom. The molecule has 18 heavy (non-hydrogen) atoms. The summed E-state index contributed by atoms with van der Waals surface area (Å²) in [5.74, 6) is 6.01. The number of hydrogen-bond donors (Lipinski definition) is 0. The zero-order valence-electron chi connectivity index (χ0n) is 13.1. The van der Waals surface area contributed by atoms with Gasteiger partial charge in [0, 0.05) is 18.3 Å². The fourth-order valence-electron chi connectivity index (χ4n) is 1.57. The molecule has 0 fully saturated rings. The van der Waals surface area contributed by atoms with Gasteiger partial charge in [0.15, 0.2) is 0 Å². The minimum atomic E-state index is -2.38. The highest BCUT2D eigenvalue weighted by Crippen LogP contribution is 2.05. The van der Waals surface area contributed by atoms with E-state index in [2.05, 4.69) is 16.8 Å². The number of ether oxygens (including phenoxy) is 1. The van der Waals surface area contributed by atoms with Gasteiger partial charge >= 0.3 is 0 Å². The Bertz CT molecular complexity index is 684. The first kappa shape index (κ1) is 8.91. The molecule has 0 aliphatic heterocycles. The molecule has 0 aliphatic rings. The Labute approximate surface area is 112 Å². The molecule has 0 N–H and O–H groups in total. The van der Waals surface area contributed by atoms with Gasteiger partial charge in [-0.2, -0.15) is 0 Å². The molecule has 2 aromatic rings. The fourth-order valence-corrected chi connectivity index (χ4v) is 1.57. The van der Waals surface area contributed by atoms with E-state index < -0.39 is 7.04 Å². The van der Waals surface area contributed by atoms with Crippen molar-refractivity contribution in [2.45, 2.75) is 13.5 Å². The molecule has 2 rings (SSSR count). The summed E-state index contributed by atoms with van der Waals surface area (Å²) < 4.78 is 25.9. The maximum absolute atomic E-state index is 7.02. The molecular formula is C16H15NO. The zero-order chi connectivity index (χ0) is 15.3. The summed E-state index contributed by atoms with van der Waals surface area (Å²) in [5, 5.41) is 0. The molecule has 0 unspecified atom stereocenters. The van der Waals surface area contributed by atoms with Gasteiger partial charge in [0.25, 0.3) is 0 Å². The van der Waals surface area contributed by atoms with Crippen LogP contribution in [0, 0.1) is 18.8 Å². The van der Waals surface area contributed by atoms with Crippen molar-refractivity contribution < 1.29 is 8.85 Å². The number of nitrogens with zero attached hydrogens (tertiary/aromatic N) is 1. The quantitative estimate of drug-likeness (QED) is 0.757. The zero-order valence-corrected chi connectivity index (χ0v) is 10.1. The maximum Gasteiger partial charge on any atom is 0.113 e. The van der Waals surface area contributed by atoms with Crippen molar-refractivity contribution in [3.05, 3.63) is 65.0 Å². The van der Waals surface area contributed by atoms with Gasteiger partial charge in [-0.15, -0.1) is 0 Å². The molecule has 0 atom stereocenters. The van der Waals surface area contributed by atoms with Crippen LogP contribution in [0.2, 0.25) is 0 Å². The van der Waals surface area contributed by atoms with Gasteiger partial charge < -0.3 is 4.74 Å². The molecule has 0 aliphatic carbocycles. The lowest BCUT2D eigenvalue weighted by molar-refractivity contribution is 0.185. The molecule has 0 amide bonds. The minimum absolute atomic E-state index is 0.0364. The first-order valence-corrected chi connectivity index (χ1v) is 5.61. The van der Waals surface area contributed by atoms with Crippen LogP contribution in [0.5, 0.6) is 0 Å². The highest BCUT2D eigenvalue weighted by molar-refractivity contribution is 5.41. The van der Waals surface area contributed by atoms with Crippen LogP contribution in [0.25, 0.3) is 0 Å². The van der Waals surface area contributed by atoms with Gasteiger partial charge in [-0.1, -0.05) is 24.1 Å². The molecule has 0 radical (unpaired) electrons. The molecule has 0 bridgehead atoms. The third-order valence-corrected chi connectivity index (χ3v) is 2.39. The van der Waals surface area contributed by atoms with Crippen LogP contribution in [0.1, 0.15) is 26.6 Å². The van der Waals surface area contributed by atoms with Gasteiger partial charge in [0.1, 0.15) is 5.69 Å². The average Bonchev–Trinajstić information content (AvgIpc) is 2.43. The molecule has 0 spiro atoms. The summed E-state index contributed by atoms with van der Waals surface area (Å²) in [5.41, 5.74) is 3.20. The predicted octanol–water partition coefficient (Wildman–Crippen LogP) is 2.94. The van der Waals surface area contributed by atoms with Crippen LogP contribution in [0.3, 0.4) is 0 Å². The van der Waals surface area contributed by atoms with E-state index in [9.17, 15) is 0 Å². The van der Waals surface area contributed by atoms with E-state index in [1.165, 1.54) is 0 Å². The lowest BCUT2D eigenvalue weighted by Gasteiger charge is -1.99. The standard InChI is InChI=1S/C16H15NO/c1-13-5-3-8-16(17-13)10-9-14-6-4-7-15(11-14)12-18-2/h3-8,11H,12H2,1-2H3/i2T3. The SMILES string of the molecule is [3H]C([3H])([3H])OCc1cccc(C#Cc2cccc(C)n2)c1. The Hall–Kier alpha value is -2.11. The van der Waals surface area contributed by atoms with Crippen LogP contribution < -0.4 is 0 Å². The van der Waals surface area contributed by atoms with Crippen LogP contribution in [-0.4, -0.2) is 12.0 Å². The van der Waals surface area contributed by atoms with Gasteiger partial charge in [-0.25, -0.2) is 4.98 Å². The Balaban J connectivity index is 2.11. The first-order chi connectivity index (χ1) is 9.92. The predicted molar refractivity (Wildman–Crippen MR) is 72.1 cm³/mol. The Morgan fingerprint density at radius 2 is 2.11 bits per heavy atom. The maximum atomic E-state index is 7.02. The molecule has 1 aromatic carbocycles. The van der Waals surface area contributed by atoms with E-state index in [1.54, 1.807) is 0 Å². The Morgan fingerprint density at radius 3 is 2.94 bits per heavy atom. The van der Waals surface area contributed by atoms with Gasteiger partial charge in [-0.05, 0) is 42.7 Å². The lowest BCUT2D eigenvalue weighted by Crippen LogP contribution is -1.88. The van der Waals surface area contributed by atoms with Crippen molar-refractivity contribution in [1.29, 1.82) is 0 Å². The topological polar surface area (TPSA) is 22.1 Å². The molecule has 90 valence electrons. The highest BCUT2D eigenvalue weighted by atomic mass is 16.5. The van der Waals surface area contributed by atoms with E-state index >= 15 is 0 Å². The molecule has 2 heteroatoms. The first-order valence-electron chi connectivity index (χ1n) is 7.11. The Kier molecular flexibility index (Phi) is 2.97. The van der Waals surface area contributed by atoms with E-state index in [4.69, 9.17) is 8.85 Å². The second-order valence-corrected chi connectivity index (χ2v) is 3.90. The smallest absolute Gasteiger partial charge is 0.113 e. The normalized spacial score (nSPS) is 12.8. The number of rotatable bonds is 2. The number of aryl methyl sites for hydroxylation is 1. The van der Waals surface area contributed by atoms with Crippen LogP contribution in [-0.2, 0) is 11.3 Å². The number of aromatic nitrogens is 1. The van der Waals surface area contributed by atoms with E-state index in [0.29, 0.717) is 5.69 Å². The van der Waals surface area contributed by atoms with Gasteiger partial charge in [0.2, 0.25) is 0 Å². The minimum Gasteiger partial charge on any atom is -0.380 e. The van der Waals surface area contributed by atoms with E-state index in [-0.39, 0.29) is 6.61 Å². The number of pyridine rings is 1. The fraction of sp³-hybridized carbons (Fsp3) is 0.188. The van der Waals surface area contributed by atoms with Gasteiger partial charge in [-0.3, -0.25) is 0 Å². The van der Waals surface area contributed by atoms with E-state index in [1.807, 2.05) is 49.4 Å². The monoisotopic (exact) mass is 243 g/mol. The summed E-state index contributed by atoms with van der Waals surface area (Å²) >= 11 is 0. The van der Waals surface area contributed by atoms with Crippen molar-refractivity contribution in [3.8, 4) is 11.8 Å². The summed E-state index contributed by atoms with van der Waals surface area (Å²) in [7, 11) is -2.38. The highest BCUT2D eigenvalue weighted by Gasteiger charge is 1.93. The summed E-state index contributed by atoms with van der Waals surface area (Å²) in [6, 6.07) is 13.0. The second-order valence-electron chi connectivity index (χ2n) is 3.90. The summed E-state index contributed by atoms with van der Waals surface area (Å²) in [6.07, 6.45) is 0. The van der Waals surface area contributed by atoms with Crippen molar-refractivity contribution in [1.82, 2.24) is 4.98 Å². The molecule has 2 nitrogen and oxygen atoms in total. The molecule has 0 saturated heterocycles. The van der Waals surface area contributed by atoms with Crippen molar-refractivity contribution >= 4 is 0 Å². The van der Waals surface area contributed by atoms with Crippen LogP contribution >= 0.6 is 0 Å². The van der Waals surface area contributed by atoms with Crippen molar-refractivity contribution in [3.63, 3.8) is 0 Å². The van der Waals surface area contributed by atoms with Crippen molar-refractivity contribution in [2.75, 3.05) is 7.04 Å². The van der Waals surface area contributed by atoms with Crippen LogP contribution in [0.4, 0.5) is 0 Å². The third-order valence-electron chi connectivity index (χ3n) is 2.39. The third kappa shape index (κ3) is 3.44. The molecule has 1 aromatic heterocycles. The van der Waals surface area contributed by atoms with Crippen molar-refractivity contribution in [2.24, 2.45) is 0 Å². The summed E-state index contributed by atoms with van der Waals surface area (Å²) in [6.45, 7) is 1.95. The molecule has 1 heterocycles. The summed E-state index contributed by atoms with van der Waals surface area (Å²) in [4.78, 5) is 4.31. The van der Waals surface area contributed by atoms with E-state index in [0.717, 1.165) is 16.8 Å². The molecular weight excluding hydrogens is 222 g/mol. The average molecular weight is 243 g/mol. The number of hydrogen-bond acceptors (Lipinski definition) is 2. The lowest BCUT2D eigenvalue weighted by atomic mass is 10.1. The second kappa shape index (κ2) is 6.00. The van der Waals surface area contributed by atoms with Gasteiger partial charge in [0.05, 0.1) is 10.7 Å². The largest absolute Gasteiger partial charge is 0.380 e.